The molecular weight excluding hydrogens is 1210 g/mol. The van der Waals surface area contributed by atoms with E-state index in [2.05, 4.69) is 368 Å². The van der Waals surface area contributed by atoms with Gasteiger partial charge < -0.3 is 28.6 Å². The normalized spacial score (nSPS) is 14.2. The maximum atomic E-state index is 7.92. The van der Waals surface area contributed by atoms with Crippen LogP contribution in [0, 0.1) is 13.8 Å². The van der Waals surface area contributed by atoms with E-state index in [0.717, 1.165) is 141 Å². The molecule has 0 N–H and O–H groups in total. The second-order valence-electron chi connectivity index (χ2n) is 25.4. The summed E-state index contributed by atoms with van der Waals surface area (Å²) in [4.78, 5) is 7.46. The van der Waals surface area contributed by atoms with Crippen molar-refractivity contribution in [1.82, 2.24) is 9.13 Å². The van der Waals surface area contributed by atoms with Crippen molar-refractivity contribution in [3.63, 3.8) is 0 Å². The van der Waals surface area contributed by atoms with Crippen molar-refractivity contribution in [2.45, 2.75) is 62.2 Å². The smallest absolute Gasteiger partial charge is 0.256 e. The van der Waals surface area contributed by atoms with Crippen LogP contribution in [0.1, 0.15) is 81.0 Å². The van der Waals surface area contributed by atoms with Crippen LogP contribution in [0.25, 0.3) is 51.4 Å². The first-order valence-electron chi connectivity index (χ1n) is 34.8. The van der Waals surface area contributed by atoms with Gasteiger partial charge in [-0.25, -0.2) is 0 Å². The van der Waals surface area contributed by atoms with Crippen LogP contribution in [-0.2, 0) is 0 Å². The fourth-order valence-corrected chi connectivity index (χ4v) is 15.9. The Labute approximate surface area is 593 Å². The highest BCUT2D eigenvalue weighted by molar-refractivity contribution is 7.02. The van der Waals surface area contributed by atoms with Gasteiger partial charge in [0, 0.05) is 97.1 Å². The molecule has 0 spiro atoms. The number of benzene rings is 8. The minimum atomic E-state index is -0.253. The summed E-state index contributed by atoms with van der Waals surface area (Å²) in [6.45, 7) is 31.3. The Kier molecular flexibility index (Phi) is 18.4. The number of allylic oxidation sites excluding steroid dienone is 19. The molecule has 100 heavy (non-hydrogen) atoms. The monoisotopic (exact) mass is 1290 g/mol. The molecule has 8 aromatic carbocycles. The van der Waals surface area contributed by atoms with Crippen LogP contribution < -0.4 is 52.2 Å². The van der Waals surface area contributed by atoms with Crippen LogP contribution in [0.3, 0.4) is 0 Å². The van der Waals surface area contributed by atoms with Crippen LogP contribution in [0.2, 0.25) is 6.82 Å². The highest BCUT2D eigenvalue weighted by atomic mass is 16.5. The Morgan fingerprint density at radius 1 is 0.450 bits per heavy atom. The summed E-state index contributed by atoms with van der Waals surface area (Å²) >= 11 is 0. The fourth-order valence-electron chi connectivity index (χ4n) is 15.9. The van der Waals surface area contributed by atoms with E-state index in [1.807, 2.05) is 36.5 Å². The Balaban J connectivity index is 1.10. The molecule has 0 saturated heterocycles. The summed E-state index contributed by atoms with van der Waals surface area (Å²) in [7, 11) is 2.12. The summed E-state index contributed by atoms with van der Waals surface area (Å²) in [5, 5.41) is 0. The van der Waals surface area contributed by atoms with Crippen LogP contribution >= 0.6 is 0 Å². The van der Waals surface area contributed by atoms with E-state index < -0.39 is 0 Å². The predicted molar refractivity (Wildman–Crippen MR) is 437 cm³/mol. The Hall–Kier alpha value is -11.7. The first-order valence-corrected chi connectivity index (χ1v) is 34.8. The number of aromatic nitrogens is 2. The summed E-state index contributed by atoms with van der Waals surface area (Å²) in [6, 6.07) is 65.4. The predicted octanol–water partition coefficient (Wildman–Crippen LogP) is 20.4. The quantitative estimate of drug-likeness (QED) is 0.0596. The van der Waals surface area contributed by atoms with Crippen LogP contribution in [0.5, 0.6) is 11.5 Å². The van der Waals surface area contributed by atoms with Gasteiger partial charge in [-0.1, -0.05) is 239 Å². The molecule has 10 aromatic rings. The van der Waals surface area contributed by atoms with Crippen molar-refractivity contribution in [3.8, 4) is 34.0 Å². The third-order valence-electron chi connectivity index (χ3n) is 19.9. The Morgan fingerprint density at radius 2 is 1.00 bits per heavy atom. The van der Waals surface area contributed by atoms with Gasteiger partial charge in [0.2, 0.25) is 0 Å². The van der Waals surface area contributed by atoms with Gasteiger partial charge in [-0.2, -0.15) is 0 Å². The summed E-state index contributed by atoms with van der Waals surface area (Å²) in [6.07, 6.45) is 38.0. The van der Waals surface area contributed by atoms with Crippen molar-refractivity contribution < 1.29 is 4.74 Å². The summed E-state index contributed by atoms with van der Waals surface area (Å²) in [5.41, 5.74) is 32.0. The lowest BCUT2D eigenvalue weighted by Gasteiger charge is -2.45. The zero-order valence-corrected chi connectivity index (χ0v) is 58.7. The minimum Gasteiger partial charge on any atom is -0.458 e. The standard InChI is InChI=1S/C91H81B3N5O/c1-13-22-41-63(19-7)86-61(10)77(51-24-15-3)99(90(86)64(20-8)38-16-4)71-56-83-89-85(57-71)100-84-59-80-75(58-76(84)94(89)74-50-35-37-53-79(74)98(83)69(60-92-12)44-23-14-2)93-73-49-34-36-52-78(73)96(67-45-30-26-31-46-67)81-54-70(55-82(88(81)93)97(80)68-47-32-27-33-48-68)95-62(11)72(40-18-6)87(66-42-28-25-29-43-66)91(95)65(21-9)39-17-5/h13-60H,1-3H2,4-12H3/b38-16-,39-17-,40-18-,41-22-,44-23-,51-24-,63-19+,64-20+,65-21+,69-60+. The molecule has 9 heteroatoms. The van der Waals surface area contributed by atoms with Gasteiger partial charge in [-0.05, 0) is 183 Å². The lowest BCUT2D eigenvalue weighted by atomic mass is 9.30. The first-order chi connectivity index (χ1) is 49.1. The molecule has 4 aliphatic rings. The van der Waals surface area contributed by atoms with E-state index in [9.17, 15) is 0 Å². The van der Waals surface area contributed by atoms with Gasteiger partial charge in [-0.15, -0.1) is 0 Å². The number of para-hydroxylation sites is 4. The molecule has 6 nitrogen and oxygen atoms in total. The van der Waals surface area contributed by atoms with Crippen LogP contribution in [-0.4, -0.2) is 29.8 Å². The van der Waals surface area contributed by atoms with Gasteiger partial charge in [0.05, 0.1) is 17.1 Å². The fraction of sp³-hybridized carbons (Fsp3) is 0.0989. The van der Waals surface area contributed by atoms with Crippen molar-refractivity contribution in [1.29, 1.82) is 0 Å². The SMILES string of the molecule is C=C/C=C\C(=C/C)c1c(C)c(/C=C\C=C)n(-c2cc3c4c(c2)N(C(/C=C\C=C)=C/[B]C)c2ccccc2B4c2cc4c(cc2O3)N(c2ccccc2)c2cc(-n3c(C)c(/C=C\C)c(-c5ccccc5)c3C(/C=C\C)=C/C)cc3c2B4c2ccccc2N3c2ccccc2)c1C(/C=C\C)=C/C. The van der Waals surface area contributed by atoms with Crippen molar-refractivity contribution in [2.75, 3.05) is 14.7 Å². The minimum absolute atomic E-state index is 0.210. The largest absolute Gasteiger partial charge is 0.458 e. The molecule has 0 aliphatic carbocycles. The molecule has 1 radical (unpaired) electrons. The lowest BCUT2D eigenvalue weighted by Crippen LogP contribution is -2.64. The zero-order chi connectivity index (χ0) is 69.3. The van der Waals surface area contributed by atoms with Gasteiger partial charge in [0.1, 0.15) is 18.8 Å². The second-order valence-corrected chi connectivity index (χ2v) is 25.4. The number of fused-ring (bicyclic) bond motifs is 8. The van der Waals surface area contributed by atoms with Gasteiger partial charge in [0.25, 0.3) is 13.4 Å². The second kappa shape index (κ2) is 28.1. The molecule has 0 saturated carbocycles. The molecule has 0 unspecified atom stereocenters. The van der Waals surface area contributed by atoms with E-state index in [0.29, 0.717) is 0 Å². The molecule has 485 valence electrons. The third kappa shape index (κ3) is 10.9. The summed E-state index contributed by atoms with van der Waals surface area (Å²) < 4.78 is 12.9. The maximum absolute atomic E-state index is 7.92. The van der Waals surface area contributed by atoms with Crippen LogP contribution in [0.4, 0.5) is 45.5 Å². The molecule has 14 rings (SSSR count). The third-order valence-corrected chi connectivity index (χ3v) is 19.9. The lowest BCUT2D eigenvalue weighted by molar-refractivity contribution is 0.487. The Morgan fingerprint density at radius 3 is 1.61 bits per heavy atom. The van der Waals surface area contributed by atoms with Crippen molar-refractivity contribution >= 4 is 128 Å². The molecule has 6 heterocycles. The average Bonchev–Trinajstić information content (AvgIpc) is 0.743. The molecule has 0 bridgehead atoms. The maximum Gasteiger partial charge on any atom is 0.256 e. The van der Waals surface area contributed by atoms with Crippen molar-refractivity contribution in [3.05, 3.63) is 344 Å². The van der Waals surface area contributed by atoms with E-state index in [-0.39, 0.29) is 13.4 Å². The van der Waals surface area contributed by atoms with Gasteiger partial charge in [0.15, 0.2) is 0 Å². The van der Waals surface area contributed by atoms with E-state index in [4.69, 9.17) is 4.74 Å². The number of ether oxygens (including phenoxy) is 1. The molecule has 4 aliphatic heterocycles. The van der Waals surface area contributed by atoms with E-state index in [1.54, 1.807) is 0 Å². The molecular formula is C91H81B3N5O. The molecule has 0 amide bonds. The topological polar surface area (TPSA) is 28.8 Å². The number of hydrogen-bond acceptors (Lipinski definition) is 4. The summed E-state index contributed by atoms with van der Waals surface area (Å²) in [5.74, 6) is 3.77. The highest BCUT2D eigenvalue weighted by Crippen LogP contribution is 2.50. The number of anilines is 8. The zero-order valence-electron chi connectivity index (χ0n) is 58.7. The van der Waals surface area contributed by atoms with E-state index >= 15 is 0 Å². The highest BCUT2D eigenvalue weighted by Gasteiger charge is 2.48. The number of hydrogen-bond donors (Lipinski definition) is 0. The Bertz CT molecular complexity index is 5250. The number of rotatable bonds is 19. The van der Waals surface area contributed by atoms with Crippen LogP contribution in [0.15, 0.2) is 305 Å². The molecule has 0 fully saturated rings. The number of nitrogens with zero attached hydrogens (tertiary/aromatic N) is 5. The van der Waals surface area contributed by atoms with E-state index in [1.165, 1.54) is 33.0 Å². The van der Waals surface area contributed by atoms with Gasteiger partial charge >= 0.3 is 0 Å². The molecule has 0 atom stereocenters. The average molecular weight is 1290 g/mol. The first kappa shape index (κ1) is 65.6. The van der Waals surface area contributed by atoms with Gasteiger partial charge in [-0.3, -0.25) is 0 Å². The van der Waals surface area contributed by atoms with Crippen molar-refractivity contribution in [2.24, 2.45) is 0 Å². The molecule has 2 aromatic heterocycles.